The molecule has 2 rings (SSSR count). The molecule has 0 saturated heterocycles. The first-order chi connectivity index (χ1) is 10.1. The lowest BCUT2D eigenvalue weighted by Crippen LogP contribution is -2.12. The summed E-state index contributed by atoms with van der Waals surface area (Å²) in [7, 11) is -4.10. The number of sulfonamides is 1. The van der Waals surface area contributed by atoms with Gasteiger partial charge < -0.3 is 10.1 Å². The molecule has 2 aromatic rings. The van der Waals surface area contributed by atoms with E-state index in [1.807, 2.05) is 0 Å². The summed E-state index contributed by atoms with van der Waals surface area (Å²) >= 11 is 0. The molecule has 0 saturated carbocycles. The number of carboxylic acids is 1. The second-order valence-electron chi connectivity index (χ2n) is 4.23. The summed E-state index contributed by atoms with van der Waals surface area (Å²) in [5.74, 6) is -1.34. The topological polar surface area (TPSA) is 99.3 Å². The maximum Gasteiger partial charge on any atom is 0.416 e. The summed E-state index contributed by atoms with van der Waals surface area (Å²) in [5.41, 5.74) is -1.32. The van der Waals surface area contributed by atoms with Crippen LogP contribution in [0.3, 0.4) is 0 Å². The van der Waals surface area contributed by atoms with Crippen molar-refractivity contribution >= 4 is 21.7 Å². The summed E-state index contributed by atoms with van der Waals surface area (Å²) in [6.45, 7) is 0. The van der Waals surface area contributed by atoms with Gasteiger partial charge in [-0.25, -0.2) is 13.2 Å². The van der Waals surface area contributed by atoms with Crippen molar-refractivity contribution in [3.05, 3.63) is 47.8 Å². The van der Waals surface area contributed by atoms with Gasteiger partial charge in [0.05, 0.1) is 5.56 Å². The first-order valence-electron chi connectivity index (χ1n) is 5.71. The van der Waals surface area contributed by atoms with E-state index in [-0.39, 0.29) is 16.3 Å². The van der Waals surface area contributed by atoms with Crippen molar-refractivity contribution in [2.75, 3.05) is 4.72 Å². The van der Waals surface area contributed by atoms with Crippen molar-refractivity contribution < 1.29 is 31.5 Å². The Morgan fingerprint density at radius 2 is 1.77 bits per heavy atom. The van der Waals surface area contributed by atoms with E-state index in [1.165, 1.54) is 0 Å². The summed E-state index contributed by atoms with van der Waals surface area (Å²) in [5, 5.41) is 8.71. The van der Waals surface area contributed by atoms with E-state index in [0.717, 1.165) is 36.5 Å². The summed E-state index contributed by atoms with van der Waals surface area (Å²) in [6, 6.07) is 4.29. The Kier molecular flexibility index (Phi) is 3.88. The summed E-state index contributed by atoms with van der Waals surface area (Å²) < 4.78 is 63.2. The Labute approximate surface area is 122 Å². The van der Waals surface area contributed by atoms with Gasteiger partial charge in [0.2, 0.25) is 0 Å². The molecule has 0 fully saturated rings. The van der Waals surface area contributed by atoms with Crippen molar-refractivity contribution in [1.29, 1.82) is 0 Å². The largest absolute Gasteiger partial charge is 0.477 e. The molecular formula is C12H9F3N2O4S. The Bertz CT molecular complexity index is 795. The standard InChI is InChI=1S/C12H9F3N2O4S/c13-12(14,15)7-1-3-8(4-2-7)17-22(20,21)9-5-10(11(18)19)16-6-9/h1-6,16-17H,(H,18,19). The first-order valence-corrected chi connectivity index (χ1v) is 7.20. The van der Waals surface area contributed by atoms with Crippen molar-refractivity contribution in [3.8, 4) is 0 Å². The number of anilines is 1. The van der Waals surface area contributed by atoms with Gasteiger partial charge >= 0.3 is 12.1 Å². The minimum atomic E-state index is -4.52. The van der Waals surface area contributed by atoms with E-state index in [0.29, 0.717) is 0 Å². The number of hydrogen-bond donors (Lipinski definition) is 3. The fourth-order valence-corrected chi connectivity index (χ4v) is 2.65. The van der Waals surface area contributed by atoms with Gasteiger partial charge in [0.25, 0.3) is 10.0 Å². The third kappa shape index (κ3) is 3.39. The van der Waals surface area contributed by atoms with Gasteiger partial charge in [-0.2, -0.15) is 13.2 Å². The molecule has 10 heteroatoms. The second-order valence-corrected chi connectivity index (χ2v) is 5.92. The molecule has 0 aliphatic rings. The number of aromatic nitrogens is 1. The lowest BCUT2D eigenvalue weighted by atomic mass is 10.2. The quantitative estimate of drug-likeness (QED) is 0.800. The Balaban J connectivity index is 2.23. The molecule has 1 heterocycles. The smallest absolute Gasteiger partial charge is 0.416 e. The average Bonchev–Trinajstić information content (AvgIpc) is 2.88. The molecule has 0 atom stereocenters. The SMILES string of the molecule is O=C(O)c1cc(S(=O)(=O)Nc2ccc(C(F)(F)F)cc2)c[nH]1. The average molecular weight is 334 g/mol. The fraction of sp³-hybridized carbons (Fsp3) is 0.0833. The molecule has 1 aromatic carbocycles. The molecule has 0 aliphatic heterocycles. The highest BCUT2D eigenvalue weighted by atomic mass is 32.2. The lowest BCUT2D eigenvalue weighted by molar-refractivity contribution is -0.137. The molecule has 6 nitrogen and oxygen atoms in total. The van der Waals surface area contributed by atoms with Crippen LogP contribution in [-0.4, -0.2) is 24.5 Å². The van der Waals surface area contributed by atoms with Gasteiger partial charge in [0.1, 0.15) is 10.6 Å². The Morgan fingerprint density at radius 1 is 1.18 bits per heavy atom. The number of aromatic carboxylic acids is 1. The number of benzene rings is 1. The van der Waals surface area contributed by atoms with Crippen molar-refractivity contribution in [1.82, 2.24) is 4.98 Å². The highest BCUT2D eigenvalue weighted by molar-refractivity contribution is 7.92. The number of alkyl halides is 3. The van der Waals surface area contributed by atoms with Gasteiger partial charge in [0, 0.05) is 11.9 Å². The molecular weight excluding hydrogens is 325 g/mol. The molecule has 0 radical (unpaired) electrons. The number of carbonyl (C=O) groups is 1. The normalized spacial score (nSPS) is 12.1. The molecule has 0 bridgehead atoms. The van der Waals surface area contributed by atoms with Crippen LogP contribution in [0.2, 0.25) is 0 Å². The number of aromatic amines is 1. The van der Waals surface area contributed by atoms with Crippen LogP contribution in [0.25, 0.3) is 0 Å². The van der Waals surface area contributed by atoms with E-state index >= 15 is 0 Å². The third-order valence-electron chi connectivity index (χ3n) is 2.66. The number of rotatable bonds is 4. The predicted molar refractivity (Wildman–Crippen MR) is 70.0 cm³/mol. The van der Waals surface area contributed by atoms with Gasteiger partial charge in [-0.1, -0.05) is 0 Å². The van der Waals surface area contributed by atoms with Crippen LogP contribution >= 0.6 is 0 Å². The molecule has 0 spiro atoms. The van der Waals surface area contributed by atoms with E-state index in [9.17, 15) is 26.4 Å². The lowest BCUT2D eigenvalue weighted by Gasteiger charge is -2.09. The summed E-state index contributed by atoms with van der Waals surface area (Å²) in [6.07, 6.45) is -3.55. The maximum absolute atomic E-state index is 12.4. The zero-order valence-corrected chi connectivity index (χ0v) is 11.5. The van der Waals surface area contributed by atoms with Crippen molar-refractivity contribution in [2.24, 2.45) is 0 Å². The van der Waals surface area contributed by atoms with Crippen LogP contribution in [0.1, 0.15) is 16.1 Å². The minimum absolute atomic E-state index is 0.0777. The molecule has 118 valence electrons. The third-order valence-corrected chi connectivity index (χ3v) is 4.02. The fourth-order valence-electron chi connectivity index (χ4n) is 1.59. The van der Waals surface area contributed by atoms with E-state index in [1.54, 1.807) is 0 Å². The molecule has 0 aliphatic carbocycles. The van der Waals surface area contributed by atoms with E-state index < -0.39 is 27.7 Å². The number of halogens is 3. The van der Waals surface area contributed by atoms with Gasteiger partial charge in [-0.15, -0.1) is 0 Å². The Morgan fingerprint density at radius 3 is 2.23 bits per heavy atom. The molecule has 0 unspecified atom stereocenters. The highest BCUT2D eigenvalue weighted by Crippen LogP contribution is 2.30. The number of H-pyrrole nitrogens is 1. The van der Waals surface area contributed by atoms with Crippen LogP contribution in [0.4, 0.5) is 18.9 Å². The zero-order chi connectivity index (χ0) is 16.5. The van der Waals surface area contributed by atoms with Crippen LogP contribution in [0.15, 0.2) is 41.4 Å². The van der Waals surface area contributed by atoms with Crippen LogP contribution in [0, 0.1) is 0 Å². The number of hydrogen-bond acceptors (Lipinski definition) is 3. The van der Waals surface area contributed by atoms with E-state index in [2.05, 4.69) is 9.71 Å². The zero-order valence-electron chi connectivity index (χ0n) is 10.7. The van der Waals surface area contributed by atoms with Crippen LogP contribution in [-0.2, 0) is 16.2 Å². The van der Waals surface area contributed by atoms with Gasteiger partial charge in [-0.3, -0.25) is 4.72 Å². The van der Waals surface area contributed by atoms with Crippen molar-refractivity contribution in [2.45, 2.75) is 11.1 Å². The molecule has 0 amide bonds. The minimum Gasteiger partial charge on any atom is -0.477 e. The predicted octanol–water partition coefficient (Wildman–Crippen LogP) is 2.53. The number of nitrogens with one attached hydrogen (secondary N) is 2. The molecule has 3 N–H and O–H groups in total. The highest BCUT2D eigenvalue weighted by Gasteiger charge is 2.30. The van der Waals surface area contributed by atoms with Gasteiger partial charge in [0.15, 0.2) is 0 Å². The first kappa shape index (κ1) is 15.9. The second kappa shape index (κ2) is 5.37. The summed E-state index contributed by atoms with van der Waals surface area (Å²) in [4.78, 5) is 12.6. The van der Waals surface area contributed by atoms with Crippen LogP contribution in [0.5, 0.6) is 0 Å². The van der Waals surface area contributed by atoms with E-state index in [4.69, 9.17) is 5.11 Å². The van der Waals surface area contributed by atoms with Gasteiger partial charge in [-0.05, 0) is 30.3 Å². The number of carboxylic acid groups (broad SMARTS) is 1. The monoisotopic (exact) mass is 334 g/mol. The molecule has 22 heavy (non-hydrogen) atoms. The van der Waals surface area contributed by atoms with Crippen molar-refractivity contribution in [3.63, 3.8) is 0 Å². The maximum atomic E-state index is 12.4. The Hall–Kier alpha value is -2.49. The molecule has 1 aromatic heterocycles. The van der Waals surface area contributed by atoms with Crippen LogP contribution < -0.4 is 4.72 Å².